The first-order chi connectivity index (χ1) is 23.1. The molecule has 0 saturated carbocycles. The molecule has 2 aromatic heterocycles. The fourth-order valence-corrected chi connectivity index (χ4v) is 6.80. The van der Waals surface area contributed by atoms with E-state index in [9.17, 15) is 0 Å². The van der Waals surface area contributed by atoms with Crippen molar-refractivity contribution in [2.24, 2.45) is 0 Å². The highest BCUT2D eigenvalue weighted by molar-refractivity contribution is 6.07. The molecular weight excluding hydrogens is 574 g/mol. The van der Waals surface area contributed by atoms with Crippen LogP contribution in [-0.2, 0) is 32.2 Å². The van der Waals surface area contributed by atoms with Gasteiger partial charge in [0.25, 0.3) is 0 Å². The van der Waals surface area contributed by atoms with E-state index >= 15 is 0 Å². The second-order valence-electron chi connectivity index (χ2n) is 12.9. The molecule has 0 aliphatic rings. The fraction of sp³-hybridized carbons (Fsp3) is 0.256. The molecule has 0 aliphatic carbocycles. The normalized spacial score (nSPS) is 11.5. The van der Waals surface area contributed by atoms with Gasteiger partial charge in [-0.3, -0.25) is 0 Å². The van der Waals surface area contributed by atoms with Crippen molar-refractivity contribution in [1.29, 1.82) is 0 Å². The number of benzene rings is 5. The van der Waals surface area contributed by atoms with Crippen molar-refractivity contribution < 1.29 is 4.42 Å². The lowest BCUT2D eigenvalue weighted by molar-refractivity contribution is 0.584. The van der Waals surface area contributed by atoms with Crippen molar-refractivity contribution in [2.75, 3.05) is 0 Å². The van der Waals surface area contributed by atoms with Gasteiger partial charge in [-0.25, -0.2) is 0 Å². The number of aryl methyl sites for hydroxylation is 6. The smallest absolute Gasteiger partial charge is 0.248 e. The highest BCUT2D eigenvalue weighted by atomic mass is 16.4. The topological polar surface area (TPSA) is 43.9 Å². The Labute approximate surface area is 278 Å². The Hall–Kier alpha value is -4.96. The lowest BCUT2D eigenvalue weighted by atomic mass is 9.96. The summed E-state index contributed by atoms with van der Waals surface area (Å²) in [6.07, 6.45) is 9.09. The van der Waals surface area contributed by atoms with Gasteiger partial charge in [0.15, 0.2) is 0 Å². The maximum Gasteiger partial charge on any atom is 0.248 e. The van der Waals surface area contributed by atoms with Crippen LogP contribution < -0.4 is 0 Å². The van der Waals surface area contributed by atoms with Crippen LogP contribution in [0.1, 0.15) is 60.4 Å². The van der Waals surface area contributed by atoms with Crippen LogP contribution in [0.2, 0.25) is 0 Å². The quantitative estimate of drug-likeness (QED) is 0.129. The molecule has 0 unspecified atom stereocenters. The zero-order valence-electron chi connectivity index (χ0n) is 27.6. The van der Waals surface area contributed by atoms with E-state index < -0.39 is 0 Å². The van der Waals surface area contributed by atoms with E-state index in [0.29, 0.717) is 11.8 Å². The Morgan fingerprint density at radius 3 is 1.60 bits per heavy atom. The van der Waals surface area contributed by atoms with Crippen LogP contribution in [0.4, 0.5) is 0 Å². The van der Waals surface area contributed by atoms with Gasteiger partial charge >= 0.3 is 0 Å². The van der Waals surface area contributed by atoms with Crippen molar-refractivity contribution in [3.05, 3.63) is 143 Å². The molecule has 0 N–H and O–H groups in total. The fourth-order valence-electron chi connectivity index (χ4n) is 6.80. The Bertz CT molecular complexity index is 2030. The number of unbranched alkanes of at least 4 members (excludes halogenated alkanes) is 1. The third-order valence-electron chi connectivity index (χ3n) is 9.31. The van der Waals surface area contributed by atoms with Crippen molar-refractivity contribution in [2.45, 2.75) is 71.8 Å². The van der Waals surface area contributed by atoms with Crippen molar-refractivity contribution in [3.8, 4) is 22.9 Å². The maximum atomic E-state index is 5.99. The predicted molar refractivity (Wildman–Crippen MR) is 195 cm³/mol. The third kappa shape index (κ3) is 7.07. The van der Waals surface area contributed by atoms with Crippen molar-refractivity contribution in [3.63, 3.8) is 0 Å². The second kappa shape index (κ2) is 14.2. The van der Waals surface area contributed by atoms with E-state index in [1.54, 1.807) is 0 Å². The number of hydrogen-bond acceptors (Lipinski definition) is 3. The summed E-state index contributed by atoms with van der Waals surface area (Å²) in [4.78, 5) is 0. The molecule has 47 heavy (non-hydrogen) atoms. The first kappa shape index (κ1) is 30.7. The summed E-state index contributed by atoms with van der Waals surface area (Å²) < 4.78 is 8.50. The van der Waals surface area contributed by atoms with Crippen LogP contribution in [0.5, 0.6) is 0 Å². The third-order valence-corrected chi connectivity index (χ3v) is 9.31. The molecule has 5 aromatic carbocycles. The van der Waals surface area contributed by atoms with E-state index in [2.05, 4.69) is 132 Å². The van der Waals surface area contributed by atoms with Crippen LogP contribution in [0, 0.1) is 6.92 Å². The van der Waals surface area contributed by atoms with Gasteiger partial charge in [-0.15, -0.1) is 10.2 Å². The highest BCUT2D eigenvalue weighted by Crippen LogP contribution is 2.29. The molecule has 0 saturated heterocycles. The van der Waals surface area contributed by atoms with Gasteiger partial charge in [-0.1, -0.05) is 97.8 Å². The van der Waals surface area contributed by atoms with Crippen molar-refractivity contribution >= 4 is 21.8 Å². The standard InChI is InChI=1S/C43H43N3O/c1-3-4-11-33-28-34(30-35(29-33)14-10-27-46-40-17-7-5-15-38(40)39-16-6-8-18-41(39)46)13-9-12-32-21-25-37(26-22-32)43-45-44-42(47-43)36-23-19-31(2)20-24-36/h5-8,15-26,28-30H,3-4,9-14,27H2,1-2H3. The summed E-state index contributed by atoms with van der Waals surface area (Å²) in [5.74, 6) is 1.11. The van der Waals surface area contributed by atoms with Crippen LogP contribution in [-0.4, -0.2) is 14.8 Å². The summed E-state index contributed by atoms with van der Waals surface area (Å²) in [6, 6.07) is 41.8. The Morgan fingerprint density at radius 1 is 0.532 bits per heavy atom. The first-order valence-electron chi connectivity index (χ1n) is 17.2. The number of fused-ring (bicyclic) bond motifs is 3. The summed E-state index contributed by atoms with van der Waals surface area (Å²) in [7, 11) is 0. The number of nitrogens with zero attached hydrogens (tertiary/aromatic N) is 3. The van der Waals surface area contributed by atoms with Crippen LogP contribution >= 0.6 is 0 Å². The van der Waals surface area contributed by atoms with Gasteiger partial charge in [-0.05, 0) is 111 Å². The van der Waals surface area contributed by atoms with E-state index in [-0.39, 0.29) is 0 Å². The van der Waals surface area contributed by atoms with Crippen molar-refractivity contribution in [1.82, 2.24) is 14.8 Å². The molecule has 2 heterocycles. The first-order valence-corrected chi connectivity index (χ1v) is 17.2. The number of aromatic nitrogens is 3. The Morgan fingerprint density at radius 2 is 1.02 bits per heavy atom. The largest absolute Gasteiger partial charge is 0.416 e. The summed E-state index contributed by atoms with van der Waals surface area (Å²) >= 11 is 0. The minimum Gasteiger partial charge on any atom is -0.416 e. The lowest BCUT2D eigenvalue weighted by Crippen LogP contribution is -2.01. The monoisotopic (exact) mass is 617 g/mol. The molecule has 0 spiro atoms. The number of hydrogen-bond donors (Lipinski definition) is 0. The molecule has 7 aromatic rings. The molecule has 0 atom stereocenters. The highest BCUT2D eigenvalue weighted by Gasteiger charge is 2.12. The minimum atomic E-state index is 0.552. The molecule has 7 rings (SSSR count). The lowest BCUT2D eigenvalue weighted by Gasteiger charge is -2.12. The minimum absolute atomic E-state index is 0.552. The molecule has 4 nitrogen and oxygen atoms in total. The van der Waals surface area contributed by atoms with Crippen LogP contribution in [0.25, 0.3) is 44.7 Å². The van der Waals surface area contributed by atoms with Gasteiger partial charge in [0.05, 0.1) is 0 Å². The zero-order chi connectivity index (χ0) is 32.0. The Kier molecular flexibility index (Phi) is 9.28. The van der Waals surface area contributed by atoms with Gasteiger partial charge in [0, 0.05) is 39.5 Å². The summed E-state index contributed by atoms with van der Waals surface area (Å²) in [5.41, 5.74) is 11.5. The van der Waals surface area contributed by atoms with E-state index in [0.717, 1.165) is 56.2 Å². The Balaban J connectivity index is 0.985. The number of para-hydroxylation sites is 2. The van der Waals surface area contributed by atoms with E-state index in [1.165, 1.54) is 62.5 Å². The zero-order valence-corrected chi connectivity index (χ0v) is 27.6. The second-order valence-corrected chi connectivity index (χ2v) is 12.9. The average molecular weight is 618 g/mol. The molecule has 236 valence electrons. The van der Waals surface area contributed by atoms with Crippen LogP contribution in [0.3, 0.4) is 0 Å². The van der Waals surface area contributed by atoms with Gasteiger partial charge in [0.1, 0.15) is 0 Å². The van der Waals surface area contributed by atoms with Gasteiger partial charge in [0.2, 0.25) is 11.8 Å². The number of rotatable bonds is 13. The molecule has 0 amide bonds. The molecule has 0 aliphatic heterocycles. The molecule has 4 heteroatoms. The van der Waals surface area contributed by atoms with Crippen LogP contribution in [0.15, 0.2) is 120 Å². The SMILES string of the molecule is CCCCc1cc(CCCc2ccc(-c3nnc(-c4ccc(C)cc4)o3)cc2)cc(CCCn2c3ccccc3c3ccccc32)c1. The molecule has 0 fully saturated rings. The van der Waals surface area contributed by atoms with Gasteiger partial charge in [-0.2, -0.15) is 0 Å². The predicted octanol–water partition coefficient (Wildman–Crippen LogP) is 11.0. The summed E-state index contributed by atoms with van der Waals surface area (Å²) in [6.45, 7) is 5.38. The molecular formula is C43H43N3O. The van der Waals surface area contributed by atoms with Gasteiger partial charge < -0.3 is 8.98 Å². The maximum absolute atomic E-state index is 5.99. The van der Waals surface area contributed by atoms with E-state index in [4.69, 9.17) is 4.42 Å². The summed E-state index contributed by atoms with van der Waals surface area (Å²) in [5, 5.41) is 11.3. The molecule has 0 bridgehead atoms. The molecule has 0 radical (unpaired) electrons. The average Bonchev–Trinajstić information content (AvgIpc) is 3.72. The van der Waals surface area contributed by atoms with E-state index in [1.807, 2.05) is 12.1 Å².